The fourth-order valence-electron chi connectivity index (χ4n) is 2.81. The van der Waals surface area contributed by atoms with Gasteiger partial charge in [0.2, 0.25) is 0 Å². The van der Waals surface area contributed by atoms with Gasteiger partial charge in [0.1, 0.15) is 18.2 Å². The minimum absolute atomic E-state index is 0.165. The Bertz CT molecular complexity index is 1160. The normalized spacial score (nSPS) is 11.1. The highest BCUT2D eigenvalue weighted by Gasteiger charge is 2.18. The molecule has 2 heterocycles. The summed E-state index contributed by atoms with van der Waals surface area (Å²) in [5, 5.41) is 0. The van der Waals surface area contributed by atoms with E-state index in [9.17, 15) is 18.8 Å². The lowest BCUT2D eigenvalue weighted by atomic mass is 10.2. The second kappa shape index (κ2) is 8.09. The van der Waals surface area contributed by atoms with Crippen molar-refractivity contribution in [3.8, 4) is 0 Å². The fraction of sp³-hybridized carbons (Fsp3) is 0.333. The van der Waals surface area contributed by atoms with Crippen LogP contribution in [0.2, 0.25) is 0 Å². The smallest absolute Gasteiger partial charge is 0.339 e. The van der Waals surface area contributed by atoms with E-state index in [-0.39, 0.29) is 27.8 Å². The van der Waals surface area contributed by atoms with E-state index in [0.29, 0.717) is 12.4 Å². The van der Waals surface area contributed by atoms with E-state index in [2.05, 4.69) is 25.9 Å². The van der Waals surface area contributed by atoms with E-state index in [1.165, 1.54) is 15.2 Å². The molecule has 0 atom stereocenters. The van der Waals surface area contributed by atoms with Crippen LogP contribution in [0.4, 0.5) is 4.39 Å². The number of aryl methyl sites for hydroxylation is 2. The first kappa shape index (κ1) is 20.0. The van der Waals surface area contributed by atoms with Gasteiger partial charge in [0.25, 0.3) is 5.56 Å². The number of rotatable bonds is 6. The second-order valence-electron chi connectivity index (χ2n) is 6.22. The average Bonchev–Trinajstić information content (AvgIpc) is 2.96. The van der Waals surface area contributed by atoms with Gasteiger partial charge in [-0.15, -0.1) is 0 Å². The van der Waals surface area contributed by atoms with Gasteiger partial charge in [-0.25, -0.2) is 19.0 Å². The van der Waals surface area contributed by atoms with Crippen LogP contribution in [-0.4, -0.2) is 25.1 Å². The zero-order valence-corrected chi connectivity index (χ0v) is 16.9. The maximum atomic E-state index is 13.2. The van der Waals surface area contributed by atoms with E-state index in [1.807, 2.05) is 6.92 Å². The number of hydrogen-bond acceptors (Lipinski definition) is 5. The molecule has 0 aliphatic carbocycles. The molecule has 3 rings (SSSR count). The highest BCUT2D eigenvalue weighted by molar-refractivity contribution is 9.10. The highest BCUT2D eigenvalue weighted by Crippen LogP contribution is 2.20. The Balaban J connectivity index is 1.92. The molecule has 3 aromatic rings. The molecular formula is C18H18BrFN4O4. The Labute approximate surface area is 167 Å². The number of aromatic nitrogens is 4. The molecule has 2 aromatic heterocycles. The molecule has 0 unspecified atom stereocenters. The Morgan fingerprint density at radius 3 is 2.79 bits per heavy atom. The molecule has 10 heteroatoms. The molecule has 0 saturated heterocycles. The zero-order valence-electron chi connectivity index (χ0n) is 15.3. The lowest BCUT2D eigenvalue weighted by Gasteiger charge is -2.06. The van der Waals surface area contributed by atoms with Crippen LogP contribution in [-0.2, 0) is 24.9 Å². The first-order valence-electron chi connectivity index (χ1n) is 8.64. The number of aromatic amines is 1. The van der Waals surface area contributed by atoms with Crippen LogP contribution < -0.4 is 11.2 Å². The molecule has 0 amide bonds. The van der Waals surface area contributed by atoms with Crippen LogP contribution in [0.15, 0.2) is 32.3 Å². The number of nitrogens with zero attached hydrogens (tertiary/aromatic N) is 3. The van der Waals surface area contributed by atoms with Gasteiger partial charge in [-0.2, -0.15) is 0 Å². The van der Waals surface area contributed by atoms with Crippen molar-refractivity contribution in [2.45, 2.75) is 32.9 Å². The number of hydrogen-bond donors (Lipinski definition) is 1. The lowest BCUT2D eigenvalue weighted by molar-refractivity contribution is 0.0458. The number of H-pyrrole nitrogens is 1. The topological polar surface area (TPSA) is 99.0 Å². The third-order valence-corrected chi connectivity index (χ3v) is 4.98. The van der Waals surface area contributed by atoms with Crippen molar-refractivity contribution in [3.05, 3.63) is 60.7 Å². The number of fused-ring (bicyclic) bond motifs is 1. The zero-order chi connectivity index (χ0) is 20.4. The van der Waals surface area contributed by atoms with Crippen LogP contribution >= 0.6 is 15.9 Å². The summed E-state index contributed by atoms with van der Waals surface area (Å²) < 4.78 is 21.6. The minimum atomic E-state index is -0.670. The van der Waals surface area contributed by atoms with Crippen LogP contribution in [0, 0.1) is 5.82 Å². The number of halogens is 2. The van der Waals surface area contributed by atoms with Crippen molar-refractivity contribution in [1.82, 2.24) is 19.1 Å². The molecule has 0 bridgehead atoms. The number of benzene rings is 1. The first-order valence-corrected chi connectivity index (χ1v) is 9.43. The molecule has 0 saturated carbocycles. The molecule has 8 nitrogen and oxygen atoms in total. The lowest BCUT2D eigenvalue weighted by Crippen LogP contribution is -2.31. The monoisotopic (exact) mass is 452 g/mol. The summed E-state index contributed by atoms with van der Waals surface area (Å²) in [6.07, 6.45) is 1.62. The largest absolute Gasteiger partial charge is 0.454 e. The van der Waals surface area contributed by atoms with Crippen molar-refractivity contribution in [2.24, 2.45) is 7.05 Å². The van der Waals surface area contributed by atoms with Crippen molar-refractivity contribution >= 4 is 33.1 Å². The van der Waals surface area contributed by atoms with Crippen molar-refractivity contribution in [2.75, 3.05) is 0 Å². The maximum absolute atomic E-state index is 13.2. The third kappa shape index (κ3) is 3.77. The SMILES string of the molecule is CCCCn1c(=O)[nH]c(=O)c2c1nc(COC(=O)c1ccc(F)cc1Br)n2C. The highest BCUT2D eigenvalue weighted by atomic mass is 79.9. The second-order valence-corrected chi connectivity index (χ2v) is 7.08. The molecule has 0 spiro atoms. The summed E-state index contributed by atoms with van der Waals surface area (Å²) in [5.74, 6) is -0.845. The number of nitrogens with one attached hydrogen (secondary N) is 1. The van der Waals surface area contributed by atoms with Crippen molar-refractivity contribution < 1.29 is 13.9 Å². The Hall–Kier alpha value is -2.75. The Morgan fingerprint density at radius 1 is 1.36 bits per heavy atom. The van der Waals surface area contributed by atoms with Crippen LogP contribution in [0.25, 0.3) is 11.2 Å². The number of carbonyl (C=O) groups is 1. The molecule has 0 fully saturated rings. The molecule has 0 aliphatic heterocycles. The Morgan fingerprint density at radius 2 is 2.11 bits per heavy atom. The third-order valence-electron chi connectivity index (χ3n) is 4.32. The molecule has 1 aromatic carbocycles. The predicted molar refractivity (Wildman–Crippen MR) is 104 cm³/mol. The molecular weight excluding hydrogens is 435 g/mol. The standard InChI is InChI=1S/C18H18BrFN4O4/c1-3-4-7-24-15-14(16(25)22-18(24)27)23(2)13(21-15)9-28-17(26)11-6-5-10(20)8-12(11)19/h5-6,8H,3-4,7,9H2,1-2H3,(H,22,25,27). The summed E-state index contributed by atoms with van der Waals surface area (Å²) in [4.78, 5) is 43.3. The van der Waals surface area contributed by atoms with Gasteiger partial charge >= 0.3 is 11.7 Å². The summed E-state index contributed by atoms with van der Waals surface area (Å²) in [6.45, 7) is 2.20. The first-order chi connectivity index (χ1) is 13.3. The van der Waals surface area contributed by atoms with E-state index in [4.69, 9.17) is 4.74 Å². The number of ether oxygens (including phenoxy) is 1. The number of imidazole rings is 1. The van der Waals surface area contributed by atoms with E-state index < -0.39 is 23.0 Å². The molecule has 148 valence electrons. The molecule has 1 N–H and O–H groups in total. The molecule has 28 heavy (non-hydrogen) atoms. The summed E-state index contributed by atoms with van der Waals surface area (Å²) >= 11 is 3.12. The van der Waals surface area contributed by atoms with Crippen molar-refractivity contribution in [3.63, 3.8) is 0 Å². The van der Waals surface area contributed by atoms with Gasteiger partial charge in [0, 0.05) is 18.1 Å². The Kier molecular flexibility index (Phi) is 5.78. The summed E-state index contributed by atoms with van der Waals surface area (Å²) in [5.41, 5.74) is -0.439. The van der Waals surface area contributed by atoms with Gasteiger partial charge in [0.15, 0.2) is 11.2 Å². The van der Waals surface area contributed by atoms with E-state index >= 15 is 0 Å². The van der Waals surface area contributed by atoms with Crippen LogP contribution in [0.1, 0.15) is 35.9 Å². The van der Waals surface area contributed by atoms with Gasteiger partial charge < -0.3 is 9.30 Å². The number of unbranched alkanes of at least 4 members (excludes halogenated alkanes) is 1. The molecule has 0 aliphatic rings. The fourth-order valence-corrected chi connectivity index (χ4v) is 3.32. The van der Waals surface area contributed by atoms with E-state index in [1.54, 1.807) is 7.05 Å². The number of carbonyl (C=O) groups excluding carboxylic acids is 1. The maximum Gasteiger partial charge on any atom is 0.339 e. The summed E-state index contributed by atoms with van der Waals surface area (Å²) in [7, 11) is 1.61. The van der Waals surface area contributed by atoms with Gasteiger partial charge in [-0.1, -0.05) is 13.3 Å². The van der Waals surface area contributed by atoms with E-state index in [0.717, 1.165) is 25.0 Å². The summed E-state index contributed by atoms with van der Waals surface area (Å²) in [6, 6.07) is 3.63. The minimum Gasteiger partial charge on any atom is -0.454 e. The van der Waals surface area contributed by atoms with Crippen LogP contribution in [0.3, 0.4) is 0 Å². The van der Waals surface area contributed by atoms with Gasteiger partial charge in [-0.05, 0) is 40.5 Å². The van der Waals surface area contributed by atoms with Gasteiger partial charge in [0.05, 0.1) is 5.56 Å². The van der Waals surface area contributed by atoms with Crippen LogP contribution in [0.5, 0.6) is 0 Å². The predicted octanol–water partition coefficient (Wildman–Crippen LogP) is 2.48. The van der Waals surface area contributed by atoms with Gasteiger partial charge in [-0.3, -0.25) is 14.3 Å². The van der Waals surface area contributed by atoms with Crippen molar-refractivity contribution in [1.29, 1.82) is 0 Å². The molecule has 0 radical (unpaired) electrons. The average molecular weight is 453 g/mol. The quantitative estimate of drug-likeness (QED) is 0.579. The number of esters is 1.